The number of aliphatic hydroxyl groups excluding tert-OH is 1. The third kappa shape index (κ3) is 2.48. The molecule has 0 aliphatic heterocycles. The standard InChI is InChI=1S/C18H13ClN2O3/c19-12-7-5-11(6-8-12)14(22)9-21-10-20-16-13-3-1-2-4-15(13)24-17(16)18(21)23/h1-8,10,14,22H,9H2/t14-/m0/s1. The highest BCUT2D eigenvalue weighted by Gasteiger charge is 2.15. The van der Waals surface area contributed by atoms with Crippen molar-refractivity contribution >= 4 is 33.7 Å². The lowest BCUT2D eigenvalue weighted by Gasteiger charge is -2.12. The Hall–Kier alpha value is -2.63. The molecular formula is C18H13ClN2O3. The number of benzene rings is 2. The van der Waals surface area contributed by atoms with Crippen molar-refractivity contribution in [3.05, 3.63) is 75.8 Å². The summed E-state index contributed by atoms with van der Waals surface area (Å²) in [5, 5.41) is 11.7. The molecule has 0 bridgehead atoms. The van der Waals surface area contributed by atoms with E-state index in [9.17, 15) is 9.90 Å². The average molecular weight is 341 g/mol. The van der Waals surface area contributed by atoms with Gasteiger partial charge in [-0.05, 0) is 29.8 Å². The second kappa shape index (κ2) is 5.78. The molecule has 0 amide bonds. The molecule has 6 heteroatoms. The van der Waals surface area contributed by atoms with Crippen LogP contribution in [0.25, 0.3) is 22.1 Å². The topological polar surface area (TPSA) is 68.3 Å². The summed E-state index contributed by atoms with van der Waals surface area (Å²) in [6, 6.07) is 14.2. The molecule has 0 spiro atoms. The first-order chi connectivity index (χ1) is 11.6. The number of hydrogen-bond acceptors (Lipinski definition) is 4. The van der Waals surface area contributed by atoms with Crippen molar-refractivity contribution in [2.45, 2.75) is 12.6 Å². The van der Waals surface area contributed by atoms with Gasteiger partial charge in [0, 0.05) is 10.4 Å². The summed E-state index contributed by atoms with van der Waals surface area (Å²) in [6.07, 6.45) is 0.592. The van der Waals surface area contributed by atoms with Crippen molar-refractivity contribution in [1.29, 1.82) is 0 Å². The Morgan fingerprint density at radius 3 is 2.71 bits per heavy atom. The van der Waals surface area contributed by atoms with Crippen LogP contribution in [0, 0.1) is 0 Å². The van der Waals surface area contributed by atoms with Crippen LogP contribution in [0.5, 0.6) is 0 Å². The van der Waals surface area contributed by atoms with Gasteiger partial charge in [0.05, 0.1) is 19.0 Å². The molecule has 1 atom stereocenters. The maximum Gasteiger partial charge on any atom is 0.297 e. The highest BCUT2D eigenvalue weighted by atomic mass is 35.5. The molecule has 4 aromatic rings. The average Bonchev–Trinajstić information content (AvgIpc) is 2.97. The van der Waals surface area contributed by atoms with E-state index in [4.69, 9.17) is 16.0 Å². The molecule has 120 valence electrons. The van der Waals surface area contributed by atoms with Crippen LogP contribution in [0.4, 0.5) is 0 Å². The number of furan rings is 1. The van der Waals surface area contributed by atoms with Gasteiger partial charge in [-0.15, -0.1) is 0 Å². The van der Waals surface area contributed by atoms with Crippen LogP contribution in [-0.2, 0) is 6.54 Å². The molecule has 5 nitrogen and oxygen atoms in total. The lowest BCUT2D eigenvalue weighted by molar-refractivity contribution is 0.155. The van der Waals surface area contributed by atoms with Crippen LogP contribution in [0.15, 0.2) is 64.1 Å². The smallest absolute Gasteiger partial charge is 0.297 e. The molecule has 1 N–H and O–H groups in total. The first-order valence-corrected chi connectivity index (χ1v) is 7.81. The Morgan fingerprint density at radius 1 is 1.17 bits per heavy atom. The first-order valence-electron chi connectivity index (χ1n) is 7.44. The number of aliphatic hydroxyl groups is 1. The van der Waals surface area contributed by atoms with E-state index in [0.717, 1.165) is 5.39 Å². The number of fused-ring (bicyclic) bond motifs is 3. The van der Waals surface area contributed by atoms with Crippen molar-refractivity contribution < 1.29 is 9.52 Å². The van der Waals surface area contributed by atoms with Crippen LogP contribution in [0.2, 0.25) is 5.02 Å². The maximum atomic E-state index is 12.6. The van der Waals surface area contributed by atoms with E-state index in [1.165, 1.54) is 10.9 Å². The van der Waals surface area contributed by atoms with Gasteiger partial charge in [-0.1, -0.05) is 35.9 Å². The third-order valence-electron chi connectivity index (χ3n) is 3.98. The van der Waals surface area contributed by atoms with Crippen LogP contribution in [0.1, 0.15) is 11.7 Å². The largest absolute Gasteiger partial charge is 0.448 e. The number of nitrogens with zero attached hydrogens (tertiary/aromatic N) is 2. The predicted molar refractivity (Wildman–Crippen MR) is 92.2 cm³/mol. The van der Waals surface area contributed by atoms with Crippen molar-refractivity contribution in [3.63, 3.8) is 0 Å². The van der Waals surface area contributed by atoms with Gasteiger partial charge in [0.25, 0.3) is 5.56 Å². The third-order valence-corrected chi connectivity index (χ3v) is 4.23. The zero-order valence-electron chi connectivity index (χ0n) is 12.5. The van der Waals surface area contributed by atoms with Crippen molar-refractivity contribution in [2.75, 3.05) is 0 Å². The highest BCUT2D eigenvalue weighted by molar-refractivity contribution is 6.30. The number of halogens is 1. The van der Waals surface area contributed by atoms with Gasteiger partial charge >= 0.3 is 0 Å². The van der Waals surface area contributed by atoms with Gasteiger partial charge in [-0.3, -0.25) is 9.36 Å². The fourth-order valence-corrected chi connectivity index (χ4v) is 2.85. The normalized spacial score (nSPS) is 12.8. The molecule has 0 saturated heterocycles. The van der Waals surface area contributed by atoms with E-state index in [-0.39, 0.29) is 17.7 Å². The second-order valence-corrected chi connectivity index (χ2v) is 5.98. The van der Waals surface area contributed by atoms with Gasteiger partial charge < -0.3 is 9.52 Å². The molecule has 0 unspecified atom stereocenters. The molecule has 24 heavy (non-hydrogen) atoms. The Bertz CT molecular complexity index is 1080. The minimum absolute atomic E-state index is 0.0838. The fraction of sp³-hybridized carbons (Fsp3) is 0.111. The van der Waals surface area contributed by atoms with Gasteiger partial charge in [0.15, 0.2) is 0 Å². The minimum Gasteiger partial charge on any atom is -0.448 e. The first kappa shape index (κ1) is 14.9. The summed E-state index contributed by atoms with van der Waals surface area (Å²) < 4.78 is 6.98. The monoisotopic (exact) mass is 340 g/mol. The molecule has 0 radical (unpaired) electrons. The molecule has 0 saturated carbocycles. The van der Waals surface area contributed by atoms with E-state index >= 15 is 0 Å². The summed E-state index contributed by atoms with van der Waals surface area (Å²) in [6.45, 7) is 0.0838. The lowest BCUT2D eigenvalue weighted by atomic mass is 10.1. The Balaban J connectivity index is 1.74. The predicted octanol–water partition coefficient (Wildman–Crippen LogP) is 3.53. The van der Waals surface area contributed by atoms with Gasteiger partial charge in [-0.2, -0.15) is 0 Å². The molecule has 2 aromatic carbocycles. The number of rotatable bonds is 3. The van der Waals surface area contributed by atoms with Gasteiger partial charge in [-0.25, -0.2) is 4.98 Å². The van der Waals surface area contributed by atoms with E-state index < -0.39 is 6.10 Å². The maximum absolute atomic E-state index is 12.6. The van der Waals surface area contributed by atoms with E-state index in [1.807, 2.05) is 18.2 Å². The van der Waals surface area contributed by atoms with Crippen LogP contribution < -0.4 is 5.56 Å². The summed E-state index contributed by atoms with van der Waals surface area (Å²) in [5.74, 6) is 0. The van der Waals surface area contributed by atoms with Crippen molar-refractivity contribution in [2.24, 2.45) is 0 Å². The van der Waals surface area contributed by atoms with Crippen LogP contribution in [-0.4, -0.2) is 14.7 Å². The number of aromatic nitrogens is 2. The van der Waals surface area contributed by atoms with Crippen molar-refractivity contribution in [3.8, 4) is 0 Å². The Morgan fingerprint density at radius 2 is 1.92 bits per heavy atom. The SMILES string of the molecule is O=c1c2oc3ccccc3c2ncn1C[C@H](O)c1ccc(Cl)cc1. The summed E-state index contributed by atoms with van der Waals surface area (Å²) in [4.78, 5) is 16.9. The summed E-state index contributed by atoms with van der Waals surface area (Å²) >= 11 is 5.85. The molecule has 4 rings (SSSR count). The van der Waals surface area contributed by atoms with Gasteiger partial charge in [0.1, 0.15) is 11.1 Å². The fourth-order valence-electron chi connectivity index (χ4n) is 2.72. The van der Waals surface area contributed by atoms with E-state index in [2.05, 4.69) is 4.98 Å². The molecular weight excluding hydrogens is 328 g/mol. The van der Waals surface area contributed by atoms with Crippen LogP contribution in [0.3, 0.4) is 0 Å². The number of hydrogen-bond donors (Lipinski definition) is 1. The lowest BCUT2D eigenvalue weighted by Crippen LogP contribution is -2.23. The molecule has 2 aromatic heterocycles. The van der Waals surface area contributed by atoms with Crippen LogP contribution >= 0.6 is 11.6 Å². The second-order valence-electron chi connectivity index (χ2n) is 5.55. The van der Waals surface area contributed by atoms with E-state index in [1.54, 1.807) is 30.3 Å². The zero-order valence-corrected chi connectivity index (χ0v) is 13.3. The molecule has 0 aliphatic rings. The quantitative estimate of drug-likeness (QED) is 0.619. The summed E-state index contributed by atoms with van der Waals surface area (Å²) in [5.41, 5.74) is 1.71. The Kier molecular flexibility index (Phi) is 3.59. The van der Waals surface area contributed by atoms with Crippen molar-refractivity contribution in [1.82, 2.24) is 9.55 Å². The summed E-state index contributed by atoms with van der Waals surface area (Å²) in [7, 11) is 0. The minimum atomic E-state index is -0.844. The molecule has 0 fully saturated rings. The Labute approximate surface area is 141 Å². The number of para-hydroxylation sites is 1. The van der Waals surface area contributed by atoms with E-state index in [0.29, 0.717) is 21.7 Å². The zero-order chi connectivity index (χ0) is 16.7. The molecule has 2 heterocycles. The molecule has 0 aliphatic carbocycles. The van der Waals surface area contributed by atoms with Gasteiger partial charge in [0.2, 0.25) is 5.58 Å². The highest BCUT2D eigenvalue weighted by Crippen LogP contribution is 2.24.